The average molecular weight is 524 g/mol. The van der Waals surface area contributed by atoms with Crippen LogP contribution in [0.15, 0.2) is 54.6 Å². The molecule has 2 heterocycles. The fourth-order valence-corrected chi connectivity index (χ4v) is 4.81. The van der Waals surface area contributed by atoms with Gasteiger partial charge in [-0.2, -0.15) is 0 Å². The molecule has 1 aliphatic rings. The number of amides is 1. The standard InChI is InChI=1S/C28H25ClF2N4O2/c1-15-6-4-7-16(2)23(15)24-21(29)12-13-22(34-24)26-32-17(3)25(35(26)37)27(36)33-20-9-5-8-19(14-20)28(30,31)18-10-11-18/h4-9,12-14,18,37H,10-11H2,1-3H3,(H,33,36)/p+1. The lowest BCUT2D eigenvalue weighted by molar-refractivity contribution is -0.896. The number of nitrogens with one attached hydrogen (secondary N) is 2. The van der Waals surface area contributed by atoms with Gasteiger partial charge in [-0.25, -0.2) is 18.7 Å². The van der Waals surface area contributed by atoms with Crippen molar-refractivity contribution in [1.29, 1.82) is 0 Å². The van der Waals surface area contributed by atoms with Gasteiger partial charge in [-0.1, -0.05) is 41.9 Å². The highest BCUT2D eigenvalue weighted by atomic mass is 35.5. The Balaban J connectivity index is 1.47. The molecule has 5 rings (SSSR count). The first-order valence-corrected chi connectivity index (χ1v) is 12.3. The molecule has 0 spiro atoms. The number of halogens is 3. The van der Waals surface area contributed by atoms with Gasteiger partial charge in [0.25, 0.3) is 11.6 Å². The zero-order chi connectivity index (χ0) is 26.5. The number of carbonyl (C=O) groups is 1. The zero-order valence-corrected chi connectivity index (χ0v) is 21.3. The maximum absolute atomic E-state index is 14.6. The molecule has 4 aromatic rings. The van der Waals surface area contributed by atoms with Crippen molar-refractivity contribution in [3.05, 3.63) is 87.7 Å². The van der Waals surface area contributed by atoms with Gasteiger partial charge in [-0.3, -0.25) is 4.79 Å². The third kappa shape index (κ3) is 4.57. The van der Waals surface area contributed by atoms with Crippen LogP contribution in [0.5, 0.6) is 0 Å². The van der Waals surface area contributed by atoms with E-state index in [9.17, 15) is 18.8 Å². The van der Waals surface area contributed by atoms with Gasteiger partial charge in [0.05, 0.1) is 10.7 Å². The second-order valence-electron chi connectivity index (χ2n) is 9.48. The summed E-state index contributed by atoms with van der Waals surface area (Å²) >= 11 is 6.49. The van der Waals surface area contributed by atoms with Gasteiger partial charge in [0.2, 0.25) is 0 Å². The molecule has 0 unspecified atom stereocenters. The van der Waals surface area contributed by atoms with E-state index in [1.807, 2.05) is 32.0 Å². The van der Waals surface area contributed by atoms with Crippen molar-refractivity contribution in [2.75, 3.05) is 5.32 Å². The highest BCUT2D eigenvalue weighted by Crippen LogP contribution is 2.49. The van der Waals surface area contributed by atoms with Crippen LogP contribution in [-0.4, -0.2) is 21.1 Å². The third-order valence-corrected chi connectivity index (χ3v) is 7.01. The molecule has 1 saturated carbocycles. The number of carbonyl (C=O) groups excluding carboxylic acids is 1. The quantitative estimate of drug-likeness (QED) is 0.197. The van der Waals surface area contributed by atoms with Crippen LogP contribution in [0.25, 0.3) is 22.8 Å². The second-order valence-corrected chi connectivity index (χ2v) is 9.89. The average Bonchev–Trinajstić information content (AvgIpc) is 3.66. The Morgan fingerprint density at radius 2 is 1.78 bits per heavy atom. The highest BCUT2D eigenvalue weighted by molar-refractivity contribution is 6.33. The number of rotatable bonds is 6. The van der Waals surface area contributed by atoms with E-state index in [-0.39, 0.29) is 22.8 Å². The van der Waals surface area contributed by atoms with Crippen LogP contribution in [0.2, 0.25) is 5.02 Å². The number of H-pyrrole nitrogens is 1. The summed E-state index contributed by atoms with van der Waals surface area (Å²) in [6, 6.07) is 14.9. The van der Waals surface area contributed by atoms with E-state index in [0.717, 1.165) is 21.4 Å². The third-order valence-electron chi connectivity index (χ3n) is 6.70. The summed E-state index contributed by atoms with van der Waals surface area (Å²) in [6.45, 7) is 5.57. The largest absolute Gasteiger partial charge is 0.349 e. The molecule has 3 N–H and O–H groups in total. The second kappa shape index (κ2) is 9.27. The molecule has 0 saturated heterocycles. The van der Waals surface area contributed by atoms with Crippen molar-refractivity contribution in [3.8, 4) is 22.8 Å². The Labute approximate surface area is 217 Å². The normalized spacial score (nSPS) is 13.6. The molecular formula is C28H26ClF2N4O2+. The number of pyridine rings is 1. The van der Waals surface area contributed by atoms with Crippen LogP contribution < -0.4 is 10.0 Å². The first-order valence-electron chi connectivity index (χ1n) is 11.9. The van der Waals surface area contributed by atoms with Crippen molar-refractivity contribution in [2.24, 2.45) is 5.92 Å². The van der Waals surface area contributed by atoms with Gasteiger partial charge in [-0.15, -0.1) is 0 Å². The van der Waals surface area contributed by atoms with Gasteiger partial charge in [-0.05, 0) is 66.8 Å². The fourth-order valence-electron chi connectivity index (χ4n) is 4.61. The lowest BCUT2D eigenvalue weighted by atomic mass is 9.99. The molecule has 0 aliphatic heterocycles. The molecule has 1 fully saturated rings. The minimum absolute atomic E-state index is 0.0697. The lowest BCUT2D eigenvalue weighted by Gasteiger charge is -2.16. The summed E-state index contributed by atoms with van der Waals surface area (Å²) in [5, 5.41) is 14.0. The highest BCUT2D eigenvalue weighted by Gasteiger charge is 2.48. The number of nitrogens with zero attached hydrogens (tertiary/aromatic N) is 2. The molecular weight excluding hydrogens is 498 g/mol. The number of anilines is 1. The molecule has 190 valence electrons. The zero-order valence-electron chi connectivity index (χ0n) is 20.6. The van der Waals surface area contributed by atoms with Crippen LogP contribution in [0, 0.1) is 26.7 Å². The number of hydrogen-bond acceptors (Lipinski definition) is 3. The maximum Gasteiger partial charge on any atom is 0.345 e. The number of hydrogen-bond donors (Lipinski definition) is 3. The van der Waals surface area contributed by atoms with Gasteiger partial charge in [0.15, 0.2) is 11.4 Å². The van der Waals surface area contributed by atoms with Crippen molar-refractivity contribution >= 4 is 23.2 Å². The minimum atomic E-state index is -2.94. The molecule has 0 radical (unpaired) electrons. The summed E-state index contributed by atoms with van der Waals surface area (Å²) in [5.41, 5.74) is 4.20. The minimum Gasteiger partial charge on any atom is -0.349 e. The molecule has 1 amide bonds. The molecule has 0 bridgehead atoms. The van der Waals surface area contributed by atoms with E-state index >= 15 is 0 Å². The summed E-state index contributed by atoms with van der Waals surface area (Å²) < 4.78 is 29.8. The van der Waals surface area contributed by atoms with Crippen LogP contribution in [0.1, 0.15) is 45.7 Å². The van der Waals surface area contributed by atoms with E-state index in [2.05, 4.69) is 10.3 Å². The number of aromatic amines is 1. The first-order chi connectivity index (χ1) is 17.6. The Morgan fingerprint density at radius 3 is 2.46 bits per heavy atom. The van der Waals surface area contributed by atoms with Crippen LogP contribution in [0.4, 0.5) is 14.5 Å². The molecule has 2 aromatic carbocycles. The predicted molar refractivity (Wildman–Crippen MR) is 137 cm³/mol. The molecule has 6 nitrogen and oxygen atoms in total. The molecule has 0 atom stereocenters. The Morgan fingerprint density at radius 1 is 1.11 bits per heavy atom. The van der Waals surface area contributed by atoms with Gasteiger partial charge >= 0.3 is 11.7 Å². The monoisotopic (exact) mass is 523 g/mol. The summed E-state index contributed by atoms with van der Waals surface area (Å²) in [5.74, 6) is -4.07. The molecule has 1 aliphatic carbocycles. The van der Waals surface area contributed by atoms with E-state index in [1.165, 1.54) is 24.3 Å². The number of aryl methyl sites for hydroxylation is 3. The molecule has 37 heavy (non-hydrogen) atoms. The number of aromatic nitrogens is 3. The Kier molecular flexibility index (Phi) is 6.23. The van der Waals surface area contributed by atoms with Gasteiger partial charge in [0, 0.05) is 29.7 Å². The topological polar surface area (TPSA) is 81.9 Å². The number of alkyl halides is 2. The van der Waals surface area contributed by atoms with E-state index in [0.29, 0.717) is 34.9 Å². The Hall–Kier alpha value is -3.78. The van der Waals surface area contributed by atoms with Crippen molar-refractivity contribution in [1.82, 2.24) is 9.97 Å². The van der Waals surface area contributed by atoms with Crippen molar-refractivity contribution in [3.63, 3.8) is 0 Å². The van der Waals surface area contributed by atoms with Crippen LogP contribution in [-0.2, 0) is 5.92 Å². The van der Waals surface area contributed by atoms with Crippen LogP contribution in [0.3, 0.4) is 0 Å². The Bertz CT molecular complexity index is 1510. The summed E-state index contributed by atoms with van der Waals surface area (Å²) in [4.78, 5) is 20.8. The summed E-state index contributed by atoms with van der Waals surface area (Å²) in [6.07, 6.45) is 0.979. The number of imidazole rings is 1. The summed E-state index contributed by atoms with van der Waals surface area (Å²) in [7, 11) is 0. The lowest BCUT2D eigenvalue weighted by Crippen LogP contribution is -2.39. The number of benzene rings is 2. The molecule has 9 heteroatoms. The van der Waals surface area contributed by atoms with Crippen LogP contribution >= 0.6 is 11.6 Å². The SMILES string of the molecule is Cc1cccc(C)c1-c1nc(-c2[nH]c(C)c(C(=O)Nc3cccc(C(F)(F)C4CC4)c3)[n+]2O)ccc1Cl. The maximum atomic E-state index is 14.6. The van der Waals surface area contributed by atoms with Gasteiger partial charge < -0.3 is 10.5 Å². The predicted octanol–water partition coefficient (Wildman–Crippen LogP) is 6.60. The van der Waals surface area contributed by atoms with E-state index in [1.54, 1.807) is 19.1 Å². The van der Waals surface area contributed by atoms with Crippen molar-refractivity contribution in [2.45, 2.75) is 39.5 Å². The fraction of sp³-hybridized carbons (Fsp3) is 0.250. The first kappa shape index (κ1) is 24.9. The van der Waals surface area contributed by atoms with E-state index < -0.39 is 17.7 Å². The van der Waals surface area contributed by atoms with Gasteiger partial charge in [0.1, 0.15) is 0 Å². The van der Waals surface area contributed by atoms with Crippen molar-refractivity contribution < 1.29 is 23.5 Å². The smallest absolute Gasteiger partial charge is 0.345 e. The molecule has 2 aromatic heterocycles. The van der Waals surface area contributed by atoms with E-state index in [4.69, 9.17) is 16.6 Å².